The van der Waals surface area contributed by atoms with Gasteiger partial charge in [-0.05, 0) is 41.1 Å². The molecule has 3 heterocycles. The Hall–Kier alpha value is -3.77. The zero-order valence-electron chi connectivity index (χ0n) is 14.8. The number of Topliss-reactive ketones (excluding diaryl/α,β-unsaturated/α-hetero) is 2. The lowest BCUT2D eigenvalue weighted by atomic mass is 10.0. The number of aromatic nitrogens is 1. The topological polar surface area (TPSA) is 73.3 Å². The van der Waals surface area contributed by atoms with Gasteiger partial charge in [-0.1, -0.05) is 24.3 Å². The van der Waals surface area contributed by atoms with E-state index in [0.717, 1.165) is 15.5 Å². The monoisotopic (exact) mass is 397 g/mol. The van der Waals surface area contributed by atoms with E-state index in [1.165, 1.54) is 11.3 Å². The molecular formula is C23H11NO4S. The number of fused-ring (bicyclic) bond motifs is 3. The summed E-state index contributed by atoms with van der Waals surface area (Å²) in [6.07, 6.45) is 3.13. The number of ketones is 2. The van der Waals surface area contributed by atoms with Gasteiger partial charge in [0.05, 0.1) is 16.5 Å². The SMILES string of the molecule is O=C1C(=Cc2nc3oc(-c4ccco4)cc3s2)C(=O)c2cc3ccccc3cc21. The van der Waals surface area contributed by atoms with Gasteiger partial charge in [-0.2, -0.15) is 0 Å². The minimum absolute atomic E-state index is 0.137. The van der Waals surface area contributed by atoms with Crippen LogP contribution in [0.5, 0.6) is 0 Å². The van der Waals surface area contributed by atoms with Gasteiger partial charge in [0.1, 0.15) is 5.01 Å². The van der Waals surface area contributed by atoms with Crippen LogP contribution in [0.1, 0.15) is 25.7 Å². The number of carbonyl (C=O) groups is 2. The molecule has 6 heteroatoms. The molecule has 0 amide bonds. The van der Waals surface area contributed by atoms with Gasteiger partial charge in [0.15, 0.2) is 23.1 Å². The molecule has 2 aromatic carbocycles. The van der Waals surface area contributed by atoms with Gasteiger partial charge >= 0.3 is 0 Å². The molecule has 0 bridgehead atoms. The summed E-state index contributed by atoms with van der Waals surface area (Å²) in [6.45, 7) is 0. The van der Waals surface area contributed by atoms with Crippen LogP contribution in [0.2, 0.25) is 0 Å². The van der Waals surface area contributed by atoms with Crippen molar-refractivity contribution < 1.29 is 18.4 Å². The number of allylic oxidation sites excluding steroid dienone is 1. The third-order valence-corrected chi connectivity index (χ3v) is 5.93. The summed E-state index contributed by atoms with van der Waals surface area (Å²) in [5.41, 5.74) is 1.48. The molecule has 6 rings (SSSR count). The van der Waals surface area contributed by atoms with Gasteiger partial charge in [-0.15, -0.1) is 11.3 Å². The van der Waals surface area contributed by atoms with Gasteiger partial charge in [0, 0.05) is 17.2 Å². The highest BCUT2D eigenvalue weighted by molar-refractivity contribution is 7.19. The van der Waals surface area contributed by atoms with Gasteiger partial charge in [-0.25, -0.2) is 4.98 Å². The molecule has 0 unspecified atom stereocenters. The summed E-state index contributed by atoms with van der Waals surface area (Å²) < 4.78 is 11.9. The van der Waals surface area contributed by atoms with E-state index in [2.05, 4.69) is 4.98 Å². The lowest BCUT2D eigenvalue weighted by molar-refractivity contribution is 0.0990. The molecule has 0 aliphatic heterocycles. The fraction of sp³-hybridized carbons (Fsp3) is 0. The van der Waals surface area contributed by atoms with Crippen LogP contribution in [0, 0.1) is 0 Å². The maximum Gasteiger partial charge on any atom is 0.238 e. The second-order valence-corrected chi connectivity index (χ2v) is 7.83. The molecule has 1 aliphatic carbocycles. The predicted octanol–water partition coefficient (Wildman–Crippen LogP) is 5.77. The Morgan fingerprint density at radius 3 is 2.21 bits per heavy atom. The number of thiazole rings is 1. The molecule has 0 saturated heterocycles. The van der Waals surface area contributed by atoms with Crippen LogP contribution in [0.3, 0.4) is 0 Å². The first-order chi connectivity index (χ1) is 14.2. The number of carbonyl (C=O) groups excluding carboxylic acids is 2. The lowest BCUT2D eigenvalue weighted by Crippen LogP contribution is -2.00. The third-order valence-electron chi connectivity index (χ3n) is 5.00. The van der Waals surface area contributed by atoms with Crippen LogP contribution < -0.4 is 0 Å². The molecule has 29 heavy (non-hydrogen) atoms. The standard InChI is InChI=1S/C23H11NO4S/c25-21-14-8-12-4-1-2-5-13(12)9-15(14)22(26)16(21)10-20-24-23-19(29-20)11-18(28-23)17-6-3-7-27-17/h1-11H. The lowest BCUT2D eigenvalue weighted by Gasteiger charge is -2.00. The summed E-state index contributed by atoms with van der Waals surface area (Å²) in [6, 6.07) is 16.7. The molecule has 0 saturated carbocycles. The number of hydrogen-bond donors (Lipinski definition) is 0. The molecule has 5 aromatic rings. The quantitative estimate of drug-likeness (QED) is 0.279. The first kappa shape index (κ1) is 16.2. The first-order valence-corrected chi connectivity index (χ1v) is 9.77. The third kappa shape index (κ3) is 2.43. The number of benzene rings is 2. The van der Waals surface area contributed by atoms with E-state index >= 15 is 0 Å². The molecule has 1 aliphatic rings. The smallest absolute Gasteiger partial charge is 0.238 e. The first-order valence-electron chi connectivity index (χ1n) is 8.95. The predicted molar refractivity (Wildman–Crippen MR) is 110 cm³/mol. The van der Waals surface area contributed by atoms with Gasteiger partial charge in [0.25, 0.3) is 0 Å². The number of furan rings is 2. The van der Waals surface area contributed by atoms with Gasteiger partial charge in [0.2, 0.25) is 5.71 Å². The number of nitrogens with zero attached hydrogens (tertiary/aromatic N) is 1. The Labute approximate surface area is 167 Å². The highest BCUT2D eigenvalue weighted by atomic mass is 32.1. The van der Waals surface area contributed by atoms with Crippen molar-refractivity contribution in [2.45, 2.75) is 0 Å². The van der Waals surface area contributed by atoms with Crippen LogP contribution >= 0.6 is 11.3 Å². The van der Waals surface area contributed by atoms with Crippen molar-refractivity contribution >= 4 is 50.2 Å². The normalized spacial score (nSPS) is 13.6. The van der Waals surface area contributed by atoms with Crippen LogP contribution in [0.4, 0.5) is 0 Å². The van der Waals surface area contributed by atoms with Crippen molar-refractivity contribution in [3.05, 3.63) is 82.6 Å². The molecule has 3 aromatic heterocycles. The highest BCUT2D eigenvalue weighted by Gasteiger charge is 2.33. The molecule has 0 N–H and O–H groups in total. The van der Waals surface area contributed by atoms with Crippen molar-refractivity contribution in [1.82, 2.24) is 4.98 Å². The Balaban J connectivity index is 1.41. The van der Waals surface area contributed by atoms with Crippen molar-refractivity contribution in [2.75, 3.05) is 0 Å². The van der Waals surface area contributed by atoms with E-state index in [-0.39, 0.29) is 17.1 Å². The van der Waals surface area contributed by atoms with E-state index < -0.39 is 0 Å². The van der Waals surface area contributed by atoms with Crippen LogP contribution in [0.15, 0.2) is 75.3 Å². The van der Waals surface area contributed by atoms with E-state index in [9.17, 15) is 9.59 Å². The number of rotatable bonds is 2. The molecule has 0 radical (unpaired) electrons. The molecule has 0 fully saturated rings. The van der Waals surface area contributed by atoms with Crippen molar-refractivity contribution in [2.24, 2.45) is 0 Å². The minimum Gasteiger partial charge on any atom is -0.461 e. The fourth-order valence-corrected chi connectivity index (χ4v) is 4.49. The van der Waals surface area contributed by atoms with Gasteiger partial charge in [-0.3, -0.25) is 9.59 Å². The summed E-state index contributed by atoms with van der Waals surface area (Å²) in [4.78, 5) is 30.2. The number of hydrogen-bond acceptors (Lipinski definition) is 6. The van der Waals surface area contributed by atoms with E-state index in [1.807, 2.05) is 36.4 Å². The summed E-state index contributed by atoms with van der Waals surface area (Å²) in [5, 5.41) is 2.43. The van der Waals surface area contributed by atoms with E-state index in [4.69, 9.17) is 8.83 Å². The maximum absolute atomic E-state index is 12.9. The largest absolute Gasteiger partial charge is 0.461 e. The molecule has 138 valence electrons. The summed E-state index contributed by atoms with van der Waals surface area (Å²) >= 11 is 1.36. The summed E-state index contributed by atoms with van der Waals surface area (Å²) in [7, 11) is 0. The second-order valence-electron chi connectivity index (χ2n) is 6.77. The second kappa shape index (κ2) is 5.86. The van der Waals surface area contributed by atoms with Crippen LogP contribution in [-0.2, 0) is 0 Å². The molecule has 0 atom stereocenters. The Bertz CT molecular complexity index is 1400. The van der Waals surface area contributed by atoms with Crippen molar-refractivity contribution in [1.29, 1.82) is 0 Å². The zero-order chi connectivity index (χ0) is 19.5. The highest BCUT2D eigenvalue weighted by Crippen LogP contribution is 2.35. The minimum atomic E-state index is -0.265. The van der Waals surface area contributed by atoms with Crippen LogP contribution in [-0.4, -0.2) is 16.6 Å². The van der Waals surface area contributed by atoms with Crippen molar-refractivity contribution in [3.63, 3.8) is 0 Å². The fourth-order valence-electron chi connectivity index (χ4n) is 3.62. The van der Waals surface area contributed by atoms with Crippen molar-refractivity contribution in [3.8, 4) is 11.5 Å². The average Bonchev–Trinajstić information content (AvgIpc) is 3.48. The van der Waals surface area contributed by atoms with Crippen LogP contribution in [0.25, 0.3) is 38.8 Å². The molecule has 0 spiro atoms. The Morgan fingerprint density at radius 2 is 1.59 bits per heavy atom. The molecule has 5 nitrogen and oxygen atoms in total. The van der Waals surface area contributed by atoms with E-state index in [0.29, 0.717) is 33.4 Å². The zero-order valence-corrected chi connectivity index (χ0v) is 15.7. The maximum atomic E-state index is 12.9. The molecular weight excluding hydrogens is 386 g/mol. The van der Waals surface area contributed by atoms with E-state index in [1.54, 1.807) is 30.5 Å². The Kier molecular flexibility index (Phi) is 3.28. The summed E-state index contributed by atoms with van der Waals surface area (Å²) in [5.74, 6) is 0.687. The average molecular weight is 397 g/mol. The Morgan fingerprint density at radius 1 is 0.862 bits per heavy atom. The van der Waals surface area contributed by atoms with Gasteiger partial charge < -0.3 is 8.83 Å².